The van der Waals surface area contributed by atoms with E-state index in [2.05, 4.69) is 20.8 Å². The van der Waals surface area contributed by atoms with Crippen LogP contribution in [0.3, 0.4) is 0 Å². The Morgan fingerprint density at radius 2 is 1.90 bits per heavy atom. The maximum absolute atomic E-state index is 4.67. The molecule has 0 aromatic carbocycles. The number of hydrogen-bond donors (Lipinski definition) is 0. The van der Waals surface area contributed by atoms with E-state index >= 15 is 0 Å². The largest absolute Gasteiger partial charge is 2.00 e. The third-order valence-electron chi connectivity index (χ3n) is 0.682. The molecule has 5 heteroatoms. The summed E-state index contributed by atoms with van der Waals surface area (Å²) in [5.41, 5.74) is 0. The zero-order valence-corrected chi connectivity index (χ0v) is 8.54. The van der Waals surface area contributed by atoms with Gasteiger partial charge in [-0.3, -0.25) is 0 Å². The van der Waals surface area contributed by atoms with Crippen LogP contribution >= 0.6 is 0 Å². The number of halogens is 1. The van der Waals surface area contributed by atoms with Gasteiger partial charge in [-0.15, -0.1) is 12.4 Å². The van der Waals surface area contributed by atoms with Gasteiger partial charge in [-0.1, -0.05) is 0 Å². The summed E-state index contributed by atoms with van der Waals surface area (Å²) in [6, 6.07) is 3.04. The van der Waals surface area contributed by atoms with Crippen LogP contribution in [0.4, 0.5) is 0 Å². The van der Waals surface area contributed by atoms with Crippen LogP contribution in [-0.4, -0.2) is 40.1 Å². The molecule has 0 atom stereocenters. The molecule has 3 nitrogen and oxygen atoms in total. The fraction of sp³-hybridized carbons (Fsp3) is 0.200. The molecule has 0 unspecified atom stereocenters. The van der Waals surface area contributed by atoms with Gasteiger partial charge in [0.25, 0.3) is 0 Å². The summed E-state index contributed by atoms with van der Waals surface area (Å²) in [6.45, 7) is 0. The van der Waals surface area contributed by atoms with E-state index in [1.165, 1.54) is 19.5 Å². The van der Waals surface area contributed by atoms with Crippen LogP contribution in [0, 0.1) is 6.07 Å². The standard InChI is InChI=1S/C5H5N2O.BrH.Mg/c1-8-5-6-3-2-4-7-5;;/h3-4H,1H3;1H;/q-1;;+2/p-1. The van der Waals surface area contributed by atoms with Crippen molar-refractivity contribution < 1.29 is 21.7 Å². The molecule has 1 aromatic rings. The summed E-state index contributed by atoms with van der Waals surface area (Å²) in [5.74, 6) is 0. The van der Waals surface area contributed by atoms with Crippen LogP contribution < -0.4 is 21.7 Å². The van der Waals surface area contributed by atoms with Gasteiger partial charge in [-0.25, -0.2) is 9.97 Å². The number of ether oxygens (including phenoxy) is 1. The number of nitrogens with zero attached hydrogens (tertiary/aromatic N) is 2. The van der Waals surface area contributed by atoms with E-state index in [0.717, 1.165) is 0 Å². The molecule has 50 valence electrons. The zero-order chi connectivity index (χ0) is 5.82. The first kappa shape index (κ1) is 12.8. The molecule has 0 aliphatic carbocycles. The molecule has 0 amide bonds. The molecule has 0 bridgehead atoms. The van der Waals surface area contributed by atoms with E-state index < -0.39 is 0 Å². The van der Waals surface area contributed by atoms with E-state index in [4.69, 9.17) is 0 Å². The molecule has 0 fully saturated rings. The molecule has 1 aromatic heterocycles. The number of methoxy groups -OCH3 is 1. The van der Waals surface area contributed by atoms with Crippen molar-refractivity contribution >= 4 is 23.1 Å². The first-order valence-corrected chi connectivity index (χ1v) is 2.15. The first-order chi connectivity index (χ1) is 3.93. The fourth-order valence-corrected chi connectivity index (χ4v) is 0.357. The van der Waals surface area contributed by atoms with Crippen molar-refractivity contribution in [1.29, 1.82) is 0 Å². The van der Waals surface area contributed by atoms with E-state index in [-0.39, 0.29) is 40.0 Å². The second-order valence-electron chi connectivity index (χ2n) is 1.17. The van der Waals surface area contributed by atoms with E-state index in [1.807, 2.05) is 0 Å². The minimum Gasteiger partial charge on any atom is -1.00 e. The van der Waals surface area contributed by atoms with Crippen molar-refractivity contribution in [2.75, 3.05) is 7.11 Å². The Morgan fingerprint density at radius 3 is 2.20 bits per heavy atom. The van der Waals surface area contributed by atoms with Crippen LogP contribution in [-0.2, 0) is 0 Å². The van der Waals surface area contributed by atoms with Crippen molar-refractivity contribution in [1.82, 2.24) is 9.97 Å². The third-order valence-corrected chi connectivity index (χ3v) is 0.682. The van der Waals surface area contributed by atoms with Crippen molar-refractivity contribution in [2.45, 2.75) is 0 Å². The van der Waals surface area contributed by atoms with Gasteiger partial charge in [-0.2, -0.15) is 0 Å². The Morgan fingerprint density at radius 1 is 1.40 bits per heavy atom. The van der Waals surface area contributed by atoms with Crippen molar-refractivity contribution in [3.63, 3.8) is 0 Å². The summed E-state index contributed by atoms with van der Waals surface area (Å²) in [7, 11) is 1.52. The Bertz CT molecular complexity index is 161. The number of hydrogen-bond acceptors (Lipinski definition) is 3. The zero-order valence-electron chi connectivity index (χ0n) is 5.54. The summed E-state index contributed by atoms with van der Waals surface area (Å²) in [5, 5.41) is 0. The van der Waals surface area contributed by atoms with Crippen LogP contribution in [0.1, 0.15) is 0 Å². The van der Waals surface area contributed by atoms with Gasteiger partial charge in [0.15, 0.2) is 0 Å². The average molecular weight is 213 g/mol. The van der Waals surface area contributed by atoms with Crippen molar-refractivity contribution in [3.05, 3.63) is 18.5 Å². The average Bonchev–Trinajstić information content (AvgIpc) is 1.90. The SMILES string of the molecule is COc1nc[c-]cn1.[Br-].[Mg+2]. The van der Waals surface area contributed by atoms with E-state index in [1.54, 1.807) is 0 Å². The topological polar surface area (TPSA) is 35.0 Å². The van der Waals surface area contributed by atoms with Crippen molar-refractivity contribution in [3.8, 4) is 6.01 Å². The smallest absolute Gasteiger partial charge is 1.00 e. The summed E-state index contributed by atoms with van der Waals surface area (Å²) in [6.07, 6.45) is 3.01. The molecule has 0 radical (unpaired) electrons. The molecular weight excluding hydrogens is 208 g/mol. The first-order valence-electron chi connectivity index (χ1n) is 2.15. The van der Waals surface area contributed by atoms with E-state index in [0.29, 0.717) is 6.01 Å². The van der Waals surface area contributed by atoms with Crippen LogP contribution in [0.15, 0.2) is 12.4 Å². The van der Waals surface area contributed by atoms with Gasteiger partial charge in [0.05, 0.1) is 7.11 Å². The van der Waals surface area contributed by atoms with Gasteiger partial charge >= 0.3 is 29.1 Å². The van der Waals surface area contributed by atoms with Crippen LogP contribution in [0.2, 0.25) is 0 Å². The minimum absolute atomic E-state index is 0. The molecule has 0 spiro atoms. The van der Waals surface area contributed by atoms with Gasteiger partial charge in [0.1, 0.15) is 0 Å². The monoisotopic (exact) mass is 212 g/mol. The Hall–Kier alpha value is 0.126. The molecular formula is C5H5BrMgN2O. The Kier molecular flexibility index (Phi) is 9.24. The molecule has 0 saturated carbocycles. The van der Waals surface area contributed by atoms with Gasteiger partial charge in [-0.05, 0) is 0 Å². The van der Waals surface area contributed by atoms with Crippen molar-refractivity contribution in [2.24, 2.45) is 0 Å². The number of rotatable bonds is 1. The predicted molar refractivity (Wildman–Crippen MR) is 33.2 cm³/mol. The van der Waals surface area contributed by atoms with Gasteiger partial charge in [0, 0.05) is 0 Å². The van der Waals surface area contributed by atoms with Gasteiger partial charge in [0.2, 0.25) is 0 Å². The van der Waals surface area contributed by atoms with E-state index in [9.17, 15) is 0 Å². The molecule has 0 N–H and O–H groups in total. The second-order valence-corrected chi connectivity index (χ2v) is 1.17. The summed E-state index contributed by atoms with van der Waals surface area (Å²) >= 11 is 0. The van der Waals surface area contributed by atoms with Crippen LogP contribution in [0.5, 0.6) is 6.01 Å². The third kappa shape index (κ3) is 4.02. The summed E-state index contributed by atoms with van der Waals surface area (Å²) in [4.78, 5) is 7.42. The molecule has 1 heterocycles. The maximum atomic E-state index is 4.67. The quantitative estimate of drug-likeness (QED) is 0.366. The predicted octanol–water partition coefficient (Wildman–Crippen LogP) is -3.09. The molecule has 1 rings (SSSR count). The minimum atomic E-state index is 0. The normalized spacial score (nSPS) is 6.90. The molecule has 0 aliphatic rings. The Balaban J connectivity index is 0. The van der Waals surface area contributed by atoms with Crippen LogP contribution in [0.25, 0.3) is 0 Å². The fourth-order valence-electron chi connectivity index (χ4n) is 0.357. The second kappa shape index (κ2) is 7.24. The molecule has 10 heavy (non-hydrogen) atoms. The Labute approximate surface area is 86.1 Å². The molecule has 0 aliphatic heterocycles. The number of aromatic nitrogens is 2. The summed E-state index contributed by atoms with van der Waals surface area (Å²) < 4.78 is 4.67. The van der Waals surface area contributed by atoms with Gasteiger partial charge < -0.3 is 27.8 Å². The molecule has 0 saturated heterocycles. The maximum Gasteiger partial charge on any atom is 2.00 e.